The molecule has 1 saturated heterocycles. The van der Waals surface area contributed by atoms with Crippen molar-refractivity contribution in [2.45, 2.75) is 77.8 Å². The standard InChI is InChI=1S/C24H34F3N3O3/c1-15(2)23(6-4-18(12-23)28-20-5-9-33-14-16(20)3)22(32)29-7-8-30-19(13-29)10-17(11-21(30)31)24(25,26)27/h10-11,15-16,18,20,28H,4-9,12-14H2,1-3H3/t16-,18?,20+,23-/m0/s1. The topological polar surface area (TPSA) is 63.6 Å². The highest BCUT2D eigenvalue weighted by Gasteiger charge is 2.50. The summed E-state index contributed by atoms with van der Waals surface area (Å²) < 4.78 is 46.6. The molecule has 0 bridgehead atoms. The molecule has 1 aromatic rings. The number of nitrogens with zero attached hydrogens (tertiary/aromatic N) is 2. The normalized spacial score (nSPS) is 30.5. The van der Waals surface area contributed by atoms with E-state index in [0.29, 0.717) is 24.6 Å². The molecule has 4 rings (SSSR count). The lowest BCUT2D eigenvalue weighted by Gasteiger charge is -2.40. The number of fused-ring (bicyclic) bond motifs is 1. The van der Waals surface area contributed by atoms with Crippen molar-refractivity contribution in [1.29, 1.82) is 0 Å². The Bertz CT molecular complexity index is 945. The van der Waals surface area contributed by atoms with Gasteiger partial charge in [0.2, 0.25) is 5.91 Å². The van der Waals surface area contributed by atoms with Gasteiger partial charge in [-0.15, -0.1) is 0 Å². The van der Waals surface area contributed by atoms with Crippen LogP contribution in [0.2, 0.25) is 0 Å². The SMILES string of the molecule is CC(C)[C@]1(C(=O)N2CCn3c(cc(C(F)(F)F)cc3=O)C2)CCC(N[C@@H]2CCOC[C@@H]2C)C1. The van der Waals surface area contributed by atoms with Crippen molar-refractivity contribution >= 4 is 5.91 Å². The molecule has 0 spiro atoms. The van der Waals surface area contributed by atoms with Crippen LogP contribution in [-0.2, 0) is 28.8 Å². The van der Waals surface area contributed by atoms with Crippen LogP contribution in [0, 0.1) is 17.3 Å². The van der Waals surface area contributed by atoms with Crippen LogP contribution < -0.4 is 10.9 Å². The Morgan fingerprint density at radius 2 is 2.00 bits per heavy atom. The minimum absolute atomic E-state index is 0.00191. The first-order valence-electron chi connectivity index (χ1n) is 12.0. The Balaban J connectivity index is 1.51. The molecule has 2 fully saturated rings. The van der Waals surface area contributed by atoms with Crippen molar-refractivity contribution < 1.29 is 22.7 Å². The number of ether oxygens (including phenoxy) is 1. The van der Waals surface area contributed by atoms with Crippen LogP contribution in [0.1, 0.15) is 57.7 Å². The highest BCUT2D eigenvalue weighted by Crippen LogP contribution is 2.46. The molecule has 1 saturated carbocycles. The maximum absolute atomic E-state index is 13.8. The third-order valence-electron chi connectivity index (χ3n) is 7.95. The molecule has 4 atom stereocenters. The number of amides is 1. The van der Waals surface area contributed by atoms with Gasteiger partial charge in [-0.3, -0.25) is 9.59 Å². The van der Waals surface area contributed by atoms with Gasteiger partial charge in [-0.25, -0.2) is 0 Å². The van der Waals surface area contributed by atoms with Crippen molar-refractivity contribution in [2.75, 3.05) is 19.8 Å². The van der Waals surface area contributed by atoms with E-state index >= 15 is 0 Å². The Hall–Kier alpha value is -1.87. The molecule has 9 heteroatoms. The number of aromatic nitrogens is 1. The lowest BCUT2D eigenvalue weighted by atomic mass is 9.74. The summed E-state index contributed by atoms with van der Waals surface area (Å²) in [5.41, 5.74) is -1.92. The third-order valence-corrected chi connectivity index (χ3v) is 7.95. The van der Waals surface area contributed by atoms with Gasteiger partial charge in [-0.1, -0.05) is 20.8 Å². The number of carbonyl (C=O) groups excluding carboxylic acids is 1. The molecule has 1 aromatic heterocycles. The monoisotopic (exact) mass is 469 g/mol. The zero-order chi connectivity index (χ0) is 24.0. The molecule has 1 aliphatic carbocycles. The van der Waals surface area contributed by atoms with Gasteiger partial charge in [0.1, 0.15) is 0 Å². The maximum Gasteiger partial charge on any atom is 0.416 e. The van der Waals surface area contributed by atoms with Gasteiger partial charge < -0.3 is 19.5 Å². The third kappa shape index (κ3) is 4.71. The second-order valence-electron chi connectivity index (χ2n) is 10.3. The van der Waals surface area contributed by atoms with Crippen LogP contribution in [0.15, 0.2) is 16.9 Å². The maximum atomic E-state index is 13.8. The average molecular weight is 470 g/mol. The van der Waals surface area contributed by atoms with Crippen LogP contribution in [0.4, 0.5) is 13.2 Å². The van der Waals surface area contributed by atoms with Crippen LogP contribution in [0.5, 0.6) is 0 Å². The predicted molar refractivity (Wildman–Crippen MR) is 118 cm³/mol. The molecule has 33 heavy (non-hydrogen) atoms. The van der Waals surface area contributed by atoms with Gasteiger partial charge in [-0.05, 0) is 43.6 Å². The largest absolute Gasteiger partial charge is 0.416 e. The first-order valence-corrected chi connectivity index (χ1v) is 12.0. The van der Waals surface area contributed by atoms with E-state index in [1.54, 1.807) is 4.90 Å². The molecule has 3 aliphatic rings. The summed E-state index contributed by atoms with van der Waals surface area (Å²) in [4.78, 5) is 27.7. The summed E-state index contributed by atoms with van der Waals surface area (Å²) in [6.45, 7) is 8.36. The van der Waals surface area contributed by atoms with E-state index in [9.17, 15) is 22.8 Å². The van der Waals surface area contributed by atoms with Gasteiger partial charge in [0.15, 0.2) is 0 Å². The quantitative estimate of drug-likeness (QED) is 0.734. The minimum Gasteiger partial charge on any atom is -0.381 e. The lowest BCUT2D eigenvalue weighted by Crippen LogP contribution is -2.51. The van der Waals surface area contributed by atoms with E-state index in [1.807, 2.05) is 0 Å². The van der Waals surface area contributed by atoms with Crippen molar-refractivity contribution in [3.63, 3.8) is 0 Å². The molecule has 2 aliphatic heterocycles. The molecule has 1 unspecified atom stereocenters. The summed E-state index contributed by atoms with van der Waals surface area (Å²) in [6.07, 6.45) is -1.26. The average Bonchev–Trinajstić information content (AvgIpc) is 3.19. The number of carbonyl (C=O) groups is 1. The van der Waals surface area contributed by atoms with Crippen molar-refractivity contribution in [3.8, 4) is 0 Å². The Labute approximate surface area is 192 Å². The molecular weight excluding hydrogens is 435 g/mol. The fourth-order valence-corrected chi connectivity index (χ4v) is 5.80. The van der Waals surface area contributed by atoms with Gasteiger partial charge >= 0.3 is 6.18 Å². The molecule has 184 valence electrons. The summed E-state index contributed by atoms with van der Waals surface area (Å²) in [5.74, 6) is 0.524. The summed E-state index contributed by atoms with van der Waals surface area (Å²) >= 11 is 0. The highest BCUT2D eigenvalue weighted by atomic mass is 19.4. The van der Waals surface area contributed by atoms with E-state index in [2.05, 4.69) is 26.1 Å². The van der Waals surface area contributed by atoms with Crippen molar-refractivity contribution in [2.24, 2.45) is 17.3 Å². The molecule has 0 aromatic carbocycles. The molecule has 1 N–H and O–H groups in total. The number of halogens is 3. The second-order valence-corrected chi connectivity index (χ2v) is 10.3. The second kappa shape index (κ2) is 9.06. The van der Waals surface area contributed by atoms with Gasteiger partial charge in [0.25, 0.3) is 5.56 Å². The summed E-state index contributed by atoms with van der Waals surface area (Å²) in [7, 11) is 0. The Morgan fingerprint density at radius 1 is 1.24 bits per heavy atom. The van der Waals surface area contributed by atoms with Crippen molar-refractivity contribution in [1.82, 2.24) is 14.8 Å². The number of alkyl halides is 3. The number of hydrogen-bond donors (Lipinski definition) is 1. The molecular formula is C24H34F3N3O3. The highest BCUT2D eigenvalue weighted by molar-refractivity contribution is 5.83. The zero-order valence-corrected chi connectivity index (χ0v) is 19.6. The minimum atomic E-state index is -4.59. The lowest BCUT2D eigenvalue weighted by molar-refractivity contribution is -0.146. The van der Waals surface area contributed by atoms with Gasteiger partial charge in [0.05, 0.1) is 24.1 Å². The zero-order valence-electron chi connectivity index (χ0n) is 19.6. The fraction of sp³-hybridized carbons (Fsp3) is 0.750. The van der Waals surface area contributed by atoms with Crippen LogP contribution in [0.3, 0.4) is 0 Å². The Morgan fingerprint density at radius 3 is 2.67 bits per heavy atom. The summed E-state index contributed by atoms with van der Waals surface area (Å²) in [5, 5.41) is 3.76. The fourth-order valence-electron chi connectivity index (χ4n) is 5.80. The van der Waals surface area contributed by atoms with Crippen LogP contribution in [0.25, 0.3) is 0 Å². The number of pyridine rings is 1. The van der Waals surface area contributed by atoms with E-state index in [1.165, 1.54) is 4.57 Å². The molecule has 1 amide bonds. The van der Waals surface area contributed by atoms with E-state index in [4.69, 9.17) is 4.74 Å². The van der Waals surface area contributed by atoms with E-state index in [-0.39, 0.29) is 36.7 Å². The van der Waals surface area contributed by atoms with E-state index < -0.39 is 22.7 Å². The van der Waals surface area contributed by atoms with Gasteiger partial charge in [-0.2, -0.15) is 13.2 Å². The predicted octanol–water partition coefficient (Wildman–Crippen LogP) is 3.42. The Kier molecular flexibility index (Phi) is 6.66. The smallest absolute Gasteiger partial charge is 0.381 e. The number of hydrogen-bond acceptors (Lipinski definition) is 4. The molecule has 0 radical (unpaired) electrons. The van der Waals surface area contributed by atoms with Gasteiger partial charge in [0, 0.05) is 43.5 Å². The molecule has 6 nitrogen and oxygen atoms in total. The first-order chi connectivity index (χ1) is 15.5. The molecule has 3 heterocycles. The van der Waals surface area contributed by atoms with Crippen molar-refractivity contribution in [3.05, 3.63) is 33.7 Å². The number of nitrogens with one attached hydrogen (secondary N) is 1. The summed E-state index contributed by atoms with van der Waals surface area (Å²) in [6, 6.07) is 2.25. The first kappa shape index (κ1) is 24.3. The van der Waals surface area contributed by atoms with Crippen LogP contribution in [-0.4, -0.2) is 47.2 Å². The van der Waals surface area contributed by atoms with Crippen LogP contribution >= 0.6 is 0 Å². The van der Waals surface area contributed by atoms with E-state index in [0.717, 1.165) is 45.0 Å². The number of rotatable bonds is 4.